The third kappa shape index (κ3) is 4.56. The van der Waals surface area contributed by atoms with Gasteiger partial charge < -0.3 is 5.11 Å². The third-order valence-corrected chi connectivity index (χ3v) is 2.91. The predicted octanol–water partition coefficient (Wildman–Crippen LogP) is 3.08. The average Bonchev–Trinajstić information content (AvgIpc) is 2.24. The second kappa shape index (κ2) is 5.81. The first-order valence-electron chi connectivity index (χ1n) is 5.53. The molecule has 1 aromatic carbocycles. The first kappa shape index (κ1) is 13.7. The number of aliphatic hydroxyl groups excluding tert-OH is 1. The van der Waals surface area contributed by atoms with Crippen LogP contribution in [0.2, 0.25) is 19.6 Å². The molecular weight excluding hydrogens is 231 g/mol. The number of aliphatic hydroxyl groups is 1. The molecule has 0 amide bonds. The summed E-state index contributed by atoms with van der Waals surface area (Å²) >= 11 is 0. The molecule has 0 saturated heterocycles. The molecule has 0 aliphatic carbocycles. The van der Waals surface area contributed by atoms with E-state index >= 15 is 0 Å². The van der Waals surface area contributed by atoms with Crippen molar-refractivity contribution in [1.29, 1.82) is 0 Å². The number of hydrogen-bond acceptors (Lipinski definition) is 1. The highest BCUT2D eigenvalue weighted by Gasteiger charge is 2.09. The fourth-order valence-corrected chi connectivity index (χ4v) is 1.76. The molecule has 1 nitrogen and oxygen atoms in total. The molecule has 0 aliphatic rings. The summed E-state index contributed by atoms with van der Waals surface area (Å²) in [7, 11) is -1.51. The van der Waals surface area contributed by atoms with Gasteiger partial charge in [0.2, 0.25) is 0 Å². The standard InChI is InChI=1S/C14H17FOSi/c1-17(2,3)11-9-12(8-10-16)13-6-4-5-7-14(13)15/h4-8,16H,10H2,1-3H3. The van der Waals surface area contributed by atoms with Gasteiger partial charge in [-0.1, -0.05) is 43.8 Å². The van der Waals surface area contributed by atoms with E-state index in [4.69, 9.17) is 5.11 Å². The van der Waals surface area contributed by atoms with E-state index in [0.29, 0.717) is 11.1 Å². The normalized spacial score (nSPS) is 11.9. The Morgan fingerprint density at radius 1 is 1.35 bits per heavy atom. The van der Waals surface area contributed by atoms with E-state index in [0.717, 1.165) is 0 Å². The fourth-order valence-electron chi connectivity index (χ4n) is 1.25. The van der Waals surface area contributed by atoms with Crippen LogP contribution in [0.1, 0.15) is 5.56 Å². The van der Waals surface area contributed by atoms with Gasteiger partial charge in [0.15, 0.2) is 0 Å². The summed E-state index contributed by atoms with van der Waals surface area (Å²) in [5, 5.41) is 8.96. The van der Waals surface area contributed by atoms with Crippen LogP contribution in [-0.2, 0) is 0 Å². The molecule has 0 aliphatic heterocycles. The summed E-state index contributed by atoms with van der Waals surface area (Å²) in [5.74, 6) is 2.68. The Kier molecular flexibility index (Phi) is 4.68. The Bertz CT molecular complexity index is 475. The van der Waals surface area contributed by atoms with Crippen LogP contribution >= 0.6 is 0 Å². The Morgan fingerprint density at radius 2 is 2.00 bits per heavy atom. The van der Waals surface area contributed by atoms with Gasteiger partial charge in [0.05, 0.1) is 6.61 Å². The second-order valence-electron chi connectivity index (χ2n) is 4.78. The number of hydrogen-bond donors (Lipinski definition) is 1. The van der Waals surface area contributed by atoms with Gasteiger partial charge in [-0.25, -0.2) is 4.39 Å². The SMILES string of the molecule is C[Si](C)(C)C#CC(=CCO)c1ccccc1F. The van der Waals surface area contributed by atoms with Gasteiger partial charge in [-0.05, 0) is 12.1 Å². The molecule has 0 bridgehead atoms. The second-order valence-corrected chi connectivity index (χ2v) is 9.53. The van der Waals surface area contributed by atoms with Gasteiger partial charge in [0.25, 0.3) is 0 Å². The summed E-state index contributed by atoms with van der Waals surface area (Å²) < 4.78 is 13.6. The smallest absolute Gasteiger partial charge is 0.131 e. The minimum Gasteiger partial charge on any atom is -0.392 e. The van der Waals surface area contributed by atoms with Crippen molar-refractivity contribution in [2.75, 3.05) is 6.61 Å². The van der Waals surface area contributed by atoms with Gasteiger partial charge in [-0.2, -0.15) is 0 Å². The van der Waals surface area contributed by atoms with Crippen LogP contribution in [0.4, 0.5) is 4.39 Å². The molecule has 0 heterocycles. The number of rotatable bonds is 2. The van der Waals surface area contributed by atoms with E-state index in [1.807, 2.05) is 0 Å². The first-order valence-corrected chi connectivity index (χ1v) is 9.03. The van der Waals surface area contributed by atoms with E-state index in [9.17, 15) is 4.39 Å². The van der Waals surface area contributed by atoms with Crippen molar-refractivity contribution in [2.45, 2.75) is 19.6 Å². The van der Waals surface area contributed by atoms with Gasteiger partial charge in [-0.15, -0.1) is 5.54 Å². The van der Waals surface area contributed by atoms with E-state index < -0.39 is 8.07 Å². The summed E-state index contributed by atoms with van der Waals surface area (Å²) in [6, 6.07) is 6.48. The minimum absolute atomic E-state index is 0.135. The average molecular weight is 248 g/mol. The number of benzene rings is 1. The maximum Gasteiger partial charge on any atom is 0.131 e. The molecule has 0 radical (unpaired) electrons. The number of halogens is 1. The largest absolute Gasteiger partial charge is 0.392 e. The fraction of sp³-hybridized carbons (Fsp3) is 0.286. The molecule has 1 rings (SSSR count). The van der Waals surface area contributed by atoms with E-state index in [1.54, 1.807) is 24.3 Å². The molecule has 0 fully saturated rings. The highest BCUT2D eigenvalue weighted by atomic mass is 28.3. The van der Waals surface area contributed by atoms with Crippen LogP contribution in [0.5, 0.6) is 0 Å². The van der Waals surface area contributed by atoms with Gasteiger partial charge in [0.1, 0.15) is 13.9 Å². The van der Waals surface area contributed by atoms with Gasteiger partial charge in [-0.3, -0.25) is 0 Å². The van der Waals surface area contributed by atoms with E-state index in [1.165, 1.54) is 6.07 Å². The van der Waals surface area contributed by atoms with Crippen molar-refractivity contribution in [2.24, 2.45) is 0 Å². The van der Waals surface area contributed by atoms with Crippen molar-refractivity contribution in [3.63, 3.8) is 0 Å². The lowest BCUT2D eigenvalue weighted by atomic mass is 10.1. The lowest BCUT2D eigenvalue weighted by molar-refractivity contribution is 0.343. The van der Waals surface area contributed by atoms with Crippen molar-refractivity contribution in [1.82, 2.24) is 0 Å². The first-order chi connectivity index (χ1) is 7.94. The predicted molar refractivity (Wildman–Crippen MR) is 72.6 cm³/mol. The highest BCUT2D eigenvalue weighted by molar-refractivity contribution is 6.84. The van der Waals surface area contributed by atoms with Crippen LogP contribution in [0, 0.1) is 17.3 Å². The lowest BCUT2D eigenvalue weighted by Crippen LogP contribution is -2.16. The minimum atomic E-state index is -1.51. The monoisotopic (exact) mass is 248 g/mol. The van der Waals surface area contributed by atoms with Crippen LogP contribution in [-0.4, -0.2) is 19.8 Å². The number of allylic oxidation sites excluding steroid dienone is 1. The summed E-state index contributed by atoms with van der Waals surface area (Å²) in [6.07, 6.45) is 1.55. The molecule has 0 spiro atoms. The van der Waals surface area contributed by atoms with Crippen LogP contribution < -0.4 is 0 Å². The molecule has 0 unspecified atom stereocenters. The van der Waals surface area contributed by atoms with Crippen molar-refractivity contribution < 1.29 is 9.50 Å². The highest BCUT2D eigenvalue weighted by Crippen LogP contribution is 2.17. The van der Waals surface area contributed by atoms with Crippen LogP contribution in [0.25, 0.3) is 5.57 Å². The zero-order valence-corrected chi connectivity index (χ0v) is 11.4. The maximum atomic E-state index is 13.6. The van der Waals surface area contributed by atoms with Crippen molar-refractivity contribution in [3.8, 4) is 11.5 Å². The molecular formula is C14H17FOSi. The Balaban J connectivity index is 3.16. The molecule has 17 heavy (non-hydrogen) atoms. The Labute approximate surface area is 103 Å². The molecule has 0 aromatic heterocycles. The summed E-state index contributed by atoms with van der Waals surface area (Å²) in [5.41, 5.74) is 4.19. The topological polar surface area (TPSA) is 20.2 Å². The zero-order valence-electron chi connectivity index (χ0n) is 10.4. The summed E-state index contributed by atoms with van der Waals surface area (Å²) in [4.78, 5) is 0. The van der Waals surface area contributed by atoms with E-state index in [-0.39, 0.29) is 12.4 Å². The molecule has 1 N–H and O–H groups in total. The van der Waals surface area contributed by atoms with Gasteiger partial charge in [0, 0.05) is 11.1 Å². The van der Waals surface area contributed by atoms with Crippen molar-refractivity contribution in [3.05, 3.63) is 41.7 Å². The maximum absolute atomic E-state index is 13.6. The Hall–Kier alpha value is -1.37. The quantitative estimate of drug-likeness (QED) is 0.630. The molecule has 90 valence electrons. The third-order valence-electron chi connectivity index (χ3n) is 2.03. The van der Waals surface area contributed by atoms with Crippen LogP contribution in [0.15, 0.2) is 30.3 Å². The lowest BCUT2D eigenvalue weighted by Gasteiger charge is -2.06. The van der Waals surface area contributed by atoms with Crippen LogP contribution in [0.3, 0.4) is 0 Å². The molecule has 1 aromatic rings. The molecule has 0 atom stereocenters. The Morgan fingerprint density at radius 3 is 2.53 bits per heavy atom. The zero-order chi connectivity index (χ0) is 12.9. The summed E-state index contributed by atoms with van der Waals surface area (Å²) in [6.45, 7) is 6.23. The molecule has 3 heteroatoms. The molecule has 0 saturated carbocycles. The van der Waals surface area contributed by atoms with Crippen molar-refractivity contribution >= 4 is 13.6 Å². The van der Waals surface area contributed by atoms with Gasteiger partial charge >= 0.3 is 0 Å². The van der Waals surface area contributed by atoms with E-state index in [2.05, 4.69) is 31.1 Å².